The lowest BCUT2D eigenvalue weighted by Crippen LogP contribution is -1.96. The van der Waals surface area contributed by atoms with Gasteiger partial charge in [-0.1, -0.05) is 35.9 Å². The molecule has 3 heteroatoms. The maximum Gasteiger partial charge on any atom is 0.119 e. The lowest BCUT2D eigenvalue weighted by molar-refractivity contribution is 0.199. The van der Waals surface area contributed by atoms with Crippen molar-refractivity contribution in [2.75, 3.05) is 0 Å². The largest absolute Gasteiger partial charge is 0.489 e. The van der Waals surface area contributed by atoms with Gasteiger partial charge in [0.1, 0.15) is 12.4 Å². The average Bonchev–Trinajstić information content (AvgIpc) is 2.37. The number of hydrogen-bond acceptors (Lipinski definition) is 2. The quantitative estimate of drug-likeness (QED) is 0.903. The van der Waals surface area contributed by atoms with Crippen LogP contribution in [0.3, 0.4) is 0 Å². The Balaban J connectivity index is 1.98. The van der Waals surface area contributed by atoms with Crippen LogP contribution >= 0.6 is 11.6 Å². The van der Waals surface area contributed by atoms with E-state index in [1.165, 1.54) is 0 Å². The topological polar surface area (TPSA) is 29.5 Å². The Morgan fingerprint density at radius 1 is 1.17 bits per heavy atom. The highest BCUT2D eigenvalue weighted by atomic mass is 35.5. The Kier molecular flexibility index (Phi) is 4.24. The highest BCUT2D eigenvalue weighted by molar-refractivity contribution is 6.30. The van der Waals surface area contributed by atoms with Crippen molar-refractivity contribution in [3.8, 4) is 5.75 Å². The second kappa shape index (κ2) is 5.89. The molecule has 0 fully saturated rings. The summed E-state index contributed by atoms with van der Waals surface area (Å²) in [6.07, 6.45) is -0.452. The number of aliphatic hydroxyl groups excluding tert-OH is 1. The molecule has 0 aliphatic carbocycles. The fourth-order valence-electron chi connectivity index (χ4n) is 1.64. The first-order chi connectivity index (χ1) is 8.65. The molecule has 0 unspecified atom stereocenters. The summed E-state index contributed by atoms with van der Waals surface area (Å²) >= 11 is 5.90. The number of ether oxygens (including phenoxy) is 1. The third kappa shape index (κ3) is 3.49. The van der Waals surface area contributed by atoms with E-state index in [9.17, 15) is 5.11 Å². The molecule has 0 heterocycles. The van der Waals surface area contributed by atoms with Crippen LogP contribution in [0.25, 0.3) is 0 Å². The molecule has 1 atom stereocenters. The van der Waals surface area contributed by atoms with Gasteiger partial charge in [0.25, 0.3) is 0 Å². The van der Waals surface area contributed by atoms with E-state index in [0.717, 1.165) is 16.9 Å². The monoisotopic (exact) mass is 262 g/mol. The molecule has 0 aliphatic rings. The molecular weight excluding hydrogens is 248 g/mol. The molecule has 0 aromatic heterocycles. The smallest absolute Gasteiger partial charge is 0.119 e. The normalized spacial score (nSPS) is 12.2. The van der Waals surface area contributed by atoms with E-state index in [-0.39, 0.29) is 0 Å². The summed E-state index contributed by atoms with van der Waals surface area (Å²) in [5, 5.41) is 10.1. The molecule has 2 rings (SSSR count). The zero-order valence-corrected chi connectivity index (χ0v) is 10.9. The molecule has 0 radical (unpaired) electrons. The third-order valence-corrected chi connectivity index (χ3v) is 2.89. The van der Waals surface area contributed by atoms with E-state index in [0.29, 0.717) is 11.6 Å². The minimum atomic E-state index is -0.452. The Labute approximate surface area is 112 Å². The van der Waals surface area contributed by atoms with Gasteiger partial charge in [0, 0.05) is 5.02 Å². The van der Waals surface area contributed by atoms with Crippen LogP contribution in [0.5, 0.6) is 5.75 Å². The highest BCUT2D eigenvalue weighted by Gasteiger charge is 2.01. The summed E-state index contributed by atoms with van der Waals surface area (Å²) in [4.78, 5) is 0. The molecule has 2 nitrogen and oxygen atoms in total. The fraction of sp³-hybridized carbons (Fsp3) is 0.200. The summed E-state index contributed by atoms with van der Waals surface area (Å²) in [7, 11) is 0. The molecule has 1 N–H and O–H groups in total. The molecule has 0 amide bonds. The van der Waals surface area contributed by atoms with Gasteiger partial charge in [-0.25, -0.2) is 0 Å². The predicted molar refractivity (Wildman–Crippen MR) is 72.9 cm³/mol. The zero-order chi connectivity index (χ0) is 13.0. The van der Waals surface area contributed by atoms with Gasteiger partial charge in [-0.15, -0.1) is 0 Å². The summed E-state index contributed by atoms with van der Waals surface area (Å²) in [6.45, 7) is 2.22. The lowest BCUT2D eigenvalue weighted by atomic mass is 10.1. The third-order valence-electron chi connectivity index (χ3n) is 2.66. The van der Waals surface area contributed by atoms with Crippen LogP contribution in [0.2, 0.25) is 5.02 Å². The van der Waals surface area contributed by atoms with Crippen molar-refractivity contribution in [1.29, 1.82) is 0 Å². The van der Waals surface area contributed by atoms with Crippen molar-refractivity contribution < 1.29 is 9.84 Å². The van der Waals surface area contributed by atoms with Gasteiger partial charge >= 0.3 is 0 Å². The van der Waals surface area contributed by atoms with Gasteiger partial charge in [-0.2, -0.15) is 0 Å². The first-order valence-corrected chi connectivity index (χ1v) is 6.18. The van der Waals surface area contributed by atoms with Gasteiger partial charge < -0.3 is 9.84 Å². The highest BCUT2D eigenvalue weighted by Crippen LogP contribution is 2.19. The maximum absolute atomic E-state index is 9.40. The van der Waals surface area contributed by atoms with Gasteiger partial charge in [0.15, 0.2) is 0 Å². The van der Waals surface area contributed by atoms with Crippen molar-refractivity contribution in [3.63, 3.8) is 0 Å². The zero-order valence-electron chi connectivity index (χ0n) is 10.1. The van der Waals surface area contributed by atoms with Crippen LogP contribution < -0.4 is 4.74 Å². The van der Waals surface area contributed by atoms with Gasteiger partial charge in [0.2, 0.25) is 0 Å². The van der Waals surface area contributed by atoms with E-state index >= 15 is 0 Å². The molecule has 0 saturated heterocycles. The molecule has 2 aromatic carbocycles. The van der Waals surface area contributed by atoms with E-state index in [1.807, 2.05) is 48.5 Å². The molecule has 0 saturated carbocycles. The number of aliphatic hydroxyl groups is 1. The standard InChI is InChI=1S/C15H15ClO2/c1-11(17)13-5-7-15(8-6-13)18-10-12-3-2-4-14(16)9-12/h2-9,11,17H,10H2,1H3/t11-/m1/s1. The first kappa shape index (κ1) is 12.9. The predicted octanol–water partition coefficient (Wildman–Crippen LogP) is 3.97. The van der Waals surface area contributed by atoms with Gasteiger partial charge in [-0.3, -0.25) is 0 Å². The van der Waals surface area contributed by atoms with Crippen LogP contribution in [-0.4, -0.2) is 5.11 Å². The minimum Gasteiger partial charge on any atom is -0.489 e. The van der Waals surface area contributed by atoms with E-state index in [4.69, 9.17) is 16.3 Å². The molecule has 0 bridgehead atoms. The minimum absolute atomic E-state index is 0.452. The van der Waals surface area contributed by atoms with Crippen molar-refractivity contribution in [1.82, 2.24) is 0 Å². The van der Waals surface area contributed by atoms with Crippen LogP contribution in [0.1, 0.15) is 24.2 Å². The summed E-state index contributed by atoms with van der Waals surface area (Å²) in [5.41, 5.74) is 1.91. The Morgan fingerprint density at radius 3 is 2.50 bits per heavy atom. The van der Waals surface area contributed by atoms with Crippen molar-refractivity contribution in [3.05, 3.63) is 64.7 Å². The van der Waals surface area contributed by atoms with Crippen molar-refractivity contribution in [2.45, 2.75) is 19.6 Å². The summed E-state index contributed by atoms with van der Waals surface area (Å²) < 4.78 is 5.64. The molecule has 0 aliphatic heterocycles. The second-order valence-electron chi connectivity index (χ2n) is 4.16. The fourth-order valence-corrected chi connectivity index (χ4v) is 1.85. The Bertz CT molecular complexity index is 506. The molecule has 2 aromatic rings. The number of halogens is 1. The Morgan fingerprint density at radius 2 is 1.89 bits per heavy atom. The van der Waals surface area contributed by atoms with Gasteiger partial charge in [0.05, 0.1) is 6.10 Å². The average molecular weight is 263 g/mol. The SMILES string of the molecule is C[C@@H](O)c1ccc(OCc2cccc(Cl)c2)cc1. The molecule has 94 valence electrons. The lowest BCUT2D eigenvalue weighted by Gasteiger charge is -2.08. The Hall–Kier alpha value is -1.51. The van der Waals surface area contributed by atoms with E-state index in [1.54, 1.807) is 6.92 Å². The van der Waals surface area contributed by atoms with Crippen LogP contribution in [-0.2, 0) is 6.61 Å². The van der Waals surface area contributed by atoms with Crippen LogP contribution in [0.4, 0.5) is 0 Å². The molecule has 0 spiro atoms. The molecule has 18 heavy (non-hydrogen) atoms. The summed E-state index contributed by atoms with van der Waals surface area (Å²) in [5.74, 6) is 0.777. The van der Waals surface area contributed by atoms with E-state index < -0.39 is 6.10 Å². The van der Waals surface area contributed by atoms with Crippen LogP contribution in [0.15, 0.2) is 48.5 Å². The summed E-state index contributed by atoms with van der Waals surface area (Å²) in [6, 6.07) is 15.0. The van der Waals surface area contributed by atoms with E-state index in [2.05, 4.69) is 0 Å². The number of benzene rings is 2. The number of rotatable bonds is 4. The molecular formula is C15H15ClO2. The van der Waals surface area contributed by atoms with Crippen LogP contribution in [0, 0.1) is 0 Å². The second-order valence-corrected chi connectivity index (χ2v) is 4.60. The first-order valence-electron chi connectivity index (χ1n) is 5.80. The van der Waals surface area contributed by atoms with Crippen molar-refractivity contribution in [2.24, 2.45) is 0 Å². The van der Waals surface area contributed by atoms with Crippen molar-refractivity contribution >= 4 is 11.6 Å². The number of hydrogen-bond donors (Lipinski definition) is 1. The maximum atomic E-state index is 9.40. The van der Waals surface area contributed by atoms with Gasteiger partial charge in [-0.05, 0) is 42.3 Å².